The first-order chi connectivity index (χ1) is 14.7. The van der Waals surface area contributed by atoms with E-state index in [0.29, 0.717) is 17.4 Å². The lowest BCUT2D eigenvalue weighted by molar-refractivity contribution is -0.132. The number of methoxy groups -OCH3 is 1. The fourth-order valence-electron chi connectivity index (χ4n) is 3.32. The maximum atomic E-state index is 12.9. The lowest BCUT2D eigenvalue weighted by Crippen LogP contribution is -2.39. The van der Waals surface area contributed by atoms with Crippen molar-refractivity contribution in [2.24, 2.45) is 10.9 Å². The van der Waals surface area contributed by atoms with Crippen LogP contribution >= 0.6 is 0 Å². The third-order valence-electron chi connectivity index (χ3n) is 4.95. The van der Waals surface area contributed by atoms with Crippen molar-refractivity contribution in [1.82, 2.24) is 5.32 Å². The quantitative estimate of drug-likeness (QED) is 0.700. The number of halogens is 3. The van der Waals surface area contributed by atoms with Crippen LogP contribution < -0.4 is 10.1 Å². The van der Waals surface area contributed by atoms with Gasteiger partial charge in [-0.25, -0.2) is 4.99 Å². The Labute approximate surface area is 177 Å². The largest absolute Gasteiger partial charge is 0.496 e. The van der Waals surface area contributed by atoms with Crippen LogP contribution in [0.25, 0.3) is 0 Å². The molecule has 3 rings (SSSR count). The standard InChI is InChI=1S/C23H21F3N2O3/c1-3-14-7-6-8-15(13-14)20(16-9-4-5-10-18(16)31-2)28-22(30)17-11-12-19(23(24,25)26)27-21(17)29/h4-13,17,20H,3H2,1-2H3,(H,28,30). The van der Waals surface area contributed by atoms with Gasteiger partial charge in [0.2, 0.25) is 5.91 Å². The van der Waals surface area contributed by atoms with Crippen LogP contribution in [0.3, 0.4) is 0 Å². The zero-order chi connectivity index (χ0) is 22.6. The molecule has 0 radical (unpaired) electrons. The highest BCUT2D eigenvalue weighted by atomic mass is 19.4. The van der Waals surface area contributed by atoms with Gasteiger partial charge in [0, 0.05) is 5.56 Å². The number of nitrogens with zero attached hydrogens (tertiary/aromatic N) is 1. The second-order valence-corrected chi connectivity index (χ2v) is 6.95. The summed E-state index contributed by atoms with van der Waals surface area (Å²) in [5.41, 5.74) is 1.13. The molecule has 1 N–H and O–H groups in total. The highest BCUT2D eigenvalue weighted by Gasteiger charge is 2.39. The summed E-state index contributed by atoms with van der Waals surface area (Å²) in [6, 6.07) is 14.0. The Morgan fingerprint density at radius 3 is 2.58 bits per heavy atom. The average Bonchev–Trinajstić information content (AvgIpc) is 2.76. The lowest BCUT2D eigenvalue weighted by Gasteiger charge is -2.24. The third kappa shape index (κ3) is 5.02. The van der Waals surface area contributed by atoms with Gasteiger partial charge < -0.3 is 10.1 Å². The number of nitrogens with one attached hydrogen (secondary N) is 1. The van der Waals surface area contributed by atoms with Crippen molar-refractivity contribution < 1.29 is 27.5 Å². The van der Waals surface area contributed by atoms with E-state index in [1.807, 2.05) is 31.2 Å². The van der Waals surface area contributed by atoms with E-state index in [1.54, 1.807) is 24.3 Å². The second kappa shape index (κ2) is 9.16. The van der Waals surface area contributed by atoms with E-state index in [-0.39, 0.29) is 0 Å². The molecule has 0 bridgehead atoms. The molecule has 2 atom stereocenters. The van der Waals surface area contributed by atoms with Crippen molar-refractivity contribution in [3.8, 4) is 5.75 Å². The van der Waals surface area contributed by atoms with E-state index < -0.39 is 35.7 Å². The number of alkyl halides is 3. The van der Waals surface area contributed by atoms with E-state index in [2.05, 4.69) is 10.3 Å². The number of dihydropyridines is 1. The van der Waals surface area contributed by atoms with E-state index >= 15 is 0 Å². The van der Waals surface area contributed by atoms with E-state index in [4.69, 9.17) is 4.74 Å². The van der Waals surface area contributed by atoms with Gasteiger partial charge in [-0.2, -0.15) is 13.2 Å². The van der Waals surface area contributed by atoms with E-state index in [1.165, 1.54) is 7.11 Å². The summed E-state index contributed by atoms with van der Waals surface area (Å²) < 4.78 is 43.8. The van der Waals surface area contributed by atoms with Crippen LogP contribution in [0.2, 0.25) is 0 Å². The molecule has 2 aromatic carbocycles. The van der Waals surface area contributed by atoms with Gasteiger partial charge in [-0.05, 0) is 29.7 Å². The molecule has 1 aliphatic heterocycles. The Morgan fingerprint density at radius 2 is 1.94 bits per heavy atom. The number of ether oxygens (including phenoxy) is 1. The predicted octanol–water partition coefficient (Wildman–Crippen LogP) is 4.18. The van der Waals surface area contributed by atoms with Gasteiger partial charge in [0.25, 0.3) is 5.91 Å². The molecular formula is C23H21F3N2O3. The predicted molar refractivity (Wildman–Crippen MR) is 110 cm³/mol. The molecule has 0 aromatic heterocycles. The van der Waals surface area contributed by atoms with Gasteiger partial charge in [0.1, 0.15) is 17.4 Å². The van der Waals surface area contributed by atoms with Crippen LogP contribution in [-0.4, -0.2) is 30.8 Å². The summed E-state index contributed by atoms with van der Waals surface area (Å²) in [5.74, 6) is -2.83. The Balaban J connectivity index is 1.94. The first-order valence-electron chi connectivity index (χ1n) is 9.64. The van der Waals surface area contributed by atoms with Crippen LogP contribution in [0.1, 0.15) is 29.7 Å². The number of aliphatic imine (C=N–C) groups is 1. The van der Waals surface area contributed by atoms with E-state index in [0.717, 1.165) is 23.6 Å². The van der Waals surface area contributed by atoms with Crippen LogP contribution in [-0.2, 0) is 16.0 Å². The van der Waals surface area contributed by atoms with Crippen molar-refractivity contribution in [2.45, 2.75) is 25.6 Å². The molecule has 5 nitrogen and oxygen atoms in total. The minimum absolute atomic E-state index is 0.526. The topological polar surface area (TPSA) is 67.8 Å². The molecule has 0 saturated heterocycles. The minimum Gasteiger partial charge on any atom is -0.496 e. The molecule has 1 heterocycles. The molecular weight excluding hydrogens is 409 g/mol. The van der Waals surface area contributed by atoms with E-state index in [9.17, 15) is 22.8 Å². The summed E-state index contributed by atoms with van der Waals surface area (Å²) in [7, 11) is 1.50. The highest BCUT2D eigenvalue weighted by Crippen LogP contribution is 2.31. The molecule has 0 aliphatic carbocycles. The lowest BCUT2D eigenvalue weighted by atomic mass is 9.94. The number of hydrogen-bond donors (Lipinski definition) is 1. The number of benzene rings is 2. The van der Waals surface area contributed by atoms with Crippen molar-refractivity contribution in [2.75, 3.05) is 7.11 Å². The molecule has 0 saturated carbocycles. The van der Waals surface area contributed by atoms with Gasteiger partial charge >= 0.3 is 6.18 Å². The molecule has 2 amide bonds. The molecule has 2 aromatic rings. The first-order valence-corrected chi connectivity index (χ1v) is 9.64. The summed E-state index contributed by atoms with van der Waals surface area (Å²) in [4.78, 5) is 28.1. The number of rotatable bonds is 6. The maximum Gasteiger partial charge on any atom is 0.433 e. The van der Waals surface area contributed by atoms with Gasteiger partial charge in [0.05, 0.1) is 13.2 Å². The van der Waals surface area contributed by atoms with Crippen LogP contribution in [0.4, 0.5) is 13.2 Å². The molecule has 8 heteroatoms. The molecule has 2 unspecified atom stereocenters. The highest BCUT2D eigenvalue weighted by molar-refractivity contribution is 6.14. The fourth-order valence-corrected chi connectivity index (χ4v) is 3.32. The first kappa shape index (κ1) is 22.3. The SMILES string of the molecule is CCc1cccc(C(NC(=O)C2C=CC(C(F)(F)F)=NC2=O)c2ccccc2OC)c1. The Morgan fingerprint density at radius 1 is 1.19 bits per heavy atom. The summed E-state index contributed by atoms with van der Waals surface area (Å²) in [5, 5.41) is 2.79. The zero-order valence-corrected chi connectivity index (χ0v) is 16.9. The van der Waals surface area contributed by atoms with Crippen molar-refractivity contribution in [1.29, 1.82) is 0 Å². The Hall–Kier alpha value is -3.42. The van der Waals surface area contributed by atoms with Crippen LogP contribution in [0, 0.1) is 5.92 Å². The number of carbonyl (C=O) groups excluding carboxylic acids is 2. The molecule has 0 fully saturated rings. The van der Waals surface area contributed by atoms with Crippen molar-refractivity contribution in [3.63, 3.8) is 0 Å². The number of hydrogen-bond acceptors (Lipinski definition) is 3. The Bertz CT molecular complexity index is 1040. The monoisotopic (exact) mass is 430 g/mol. The zero-order valence-electron chi connectivity index (χ0n) is 16.9. The van der Waals surface area contributed by atoms with Crippen LogP contribution in [0.5, 0.6) is 5.75 Å². The van der Waals surface area contributed by atoms with Crippen molar-refractivity contribution in [3.05, 3.63) is 77.4 Å². The minimum atomic E-state index is -4.76. The number of amides is 2. The average molecular weight is 430 g/mol. The number of allylic oxidation sites excluding steroid dienone is 1. The van der Waals surface area contributed by atoms with Gasteiger partial charge in [0.15, 0.2) is 0 Å². The molecule has 0 spiro atoms. The fraction of sp³-hybridized carbons (Fsp3) is 0.261. The second-order valence-electron chi connectivity index (χ2n) is 6.95. The van der Waals surface area contributed by atoms with Crippen molar-refractivity contribution >= 4 is 17.5 Å². The molecule has 31 heavy (non-hydrogen) atoms. The summed E-state index contributed by atoms with van der Waals surface area (Å²) in [6.07, 6.45) is -2.40. The Kier molecular flexibility index (Phi) is 6.58. The molecule has 162 valence electrons. The third-order valence-corrected chi connectivity index (χ3v) is 4.95. The van der Waals surface area contributed by atoms with Crippen LogP contribution in [0.15, 0.2) is 65.7 Å². The number of aryl methyl sites for hydroxylation is 1. The van der Waals surface area contributed by atoms with Gasteiger partial charge in [-0.15, -0.1) is 0 Å². The van der Waals surface area contributed by atoms with Gasteiger partial charge in [-0.3, -0.25) is 9.59 Å². The summed E-state index contributed by atoms with van der Waals surface area (Å²) in [6.45, 7) is 2.00. The number of para-hydroxylation sites is 1. The smallest absolute Gasteiger partial charge is 0.433 e. The van der Waals surface area contributed by atoms with Gasteiger partial charge in [-0.1, -0.05) is 55.5 Å². The summed E-state index contributed by atoms with van der Waals surface area (Å²) >= 11 is 0. The molecule has 1 aliphatic rings. The maximum absolute atomic E-state index is 12.9. The normalized spacial score (nSPS) is 17.1. The number of carbonyl (C=O) groups is 2.